The summed E-state index contributed by atoms with van der Waals surface area (Å²) < 4.78 is 0. The van der Waals surface area contributed by atoms with E-state index in [-0.39, 0.29) is 29.5 Å². The van der Waals surface area contributed by atoms with Crippen LogP contribution in [0.15, 0.2) is 0 Å². The average molecular weight is 168 g/mol. The summed E-state index contributed by atoms with van der Waals surface area (Å²) >= 11 is 0. The van der Waals surface area contributed by atoms with Gasteiger partial charge in [0.25, 0.3) is 0 Å². The quantitative estimate of drug-likeness (QED) is 0.432. The number of carboxylic acid groups (broad SMARTS) is 1. The van der Waals surface area contributed by atoms with E-state index < -0.39 is 5.97 Å². The van der Waals surface area contributed by atoms with Crippen LogP contribution >= 0.6 is 0 Å². The van der Waals surface area contributed by atoms with E-state index in [1.165, 1.54) is 12.8 Å². The van der Waals surface area contributed by atoms with Gasteiger partial charge in [-0.25, -0.2) is 0 Å². The van der Waals surface area contributed by atoms with E-state index >= 15 is 0 Å². The molecule has 0 atom stereocenters. The molecule has 0 aliphatic carbocycles. The first kappa shape index (κ1) is 13.8. The summed E-state index contributed by atoms with van der Waals surface area (Å²) in [5, 5.41) is 9.92. The fourth-order valence-corrected chi connectivity index (χ4v) is 0.873. The van der Waals surface area contributed by atoms with Crippen LogP contribution in [0, 0.1) is 0 Å². The first-order chi connectivity index (χ1) is 4.77. The van der Waals surface area contributed by atoms with E-state index in [9.17, 15) is 9.90 Å². The molecule has 0 aromatic heterocycles. The van der Waals surface area contributed by atoms with Crippen LogP contribution in [0.1, 0.15) is 45.4 Å². The average Bonchev–Trinajstić information content (AvgIpc) is 1.87. The molecule has 0 bridgehead atoms. The van der Waals surface area contributed by atoms with Gasteiger partial charge in [0.2, 0.25) is 0 Å². The van der Waals surface area contributed by atoms with Gasteiger partial charge in [0, 0.05) is 5.97 Å². The minimum Gasteiger partial charge on any atom is -0.550 e. The third-order valence-electron chi connectivity index (χ3n) is 1.48. The minimum absolute atomic E-state index is 0. The summed E-state index contributed by atoms with van der Waals surface area (Å²) in [5.74, 6) is -0.920. The van der Waals surface area contributed by atoms with Crippen LogP contribution in [0.25, 0.3) is 0 Å². The van der Waals surface area contributed by atoms with Crippen molar-refractivity contribution in [2.75, 3.05) is 0 Å². The number of rotatable bonds is 6. The van der Waals surface area contributed by atoms with E-state index in [0.29, 0.717) is 0 Å². The Morgan fingerprint density at radius 2 is 1.73 bits per heavy atom. The Morgan fingerprint density at radius 1 is 1.18 bits per heavy atom. The predicted octanol–water partition coefficient (Wildman–Crippen LogP) is 0.716. The molecule has 60 valence electrons. The fourth-order valence-electron chi connectivity index (χ4n) is 0.873. The van der Waals surface area contributed by atoms with Crippen LogP contribution in [0.3, 0.4) is 0 Å². The van der Waals surface area contributed by atoms with Crippen molar-refractivity contribution in [3.05, 3.63) is 0 Å². The Bertz CT molecular complexity index is 94.1. The number of carbonyl (C=O) groups excluding carboxylic acids is 1. The fraction of sp³-hybridized carbons (Fsp3) is 0.875. The van der Waals surface area contributed by atoms with E-state index in [1.54, 1.807) is 0 Å². The summed E-state index contributed by atoms with van der Waals surface area (Å²) in [4.78, 5) is 9.92. The zero-order chi connectivity index (χ0) is 7.82. The van der Waals surface area contributed by atoms with E-state index in [1.807, 2.05) is 0 Å². The van der Waals surface area contributed by atoms with Gasteiger partial charge >= 0.3 is 23.1 Å². The second-order valence-corrected chi connectivity index (χ2v) is 2.54. The topological polar surface area (TPSA) is 40.1 Å². The van der Waals surface area contributed by atoms with Crippen molar-refractivity contribution in [3.63, 3.8) is 0 Å². The van der Waals surface area contributed by atoms with Crippen molar-refractivity contribution in [2.24, 2.45) is 0 Å². The number of hydrogen-bond acceptors (Lipinski definition) is 2. The standard InChI is InChI=1S/C8H16O2.Mg/c1-2-3-4-5-6-7-8(9)10;/h2-7H2,1H3,(H,9,10);/q;+2/p-1. The van der Waals surface area contributed by atoms with Gasteiger partial charge in [-0.15, -0.1) is 0 Å². The molecule has 3 heteroatoms. The Hall–Kier alpha value is 0.236. The zero-order valence-electron chi connectivity index (χ0n) is 7.27. The van der Waals surface area contributed by atoms with Crippen molar-refractivity contribution in [3.8, 4) is 0 Å². The van der Waals surface area contributed by atoms with Gasteiger partial charge in [-0.2, -0.15) is 0 Å². The molecule has 0 rings (SSSR count). The normalized spacial score (nSPS) is 8.82. The Balaban J connectivity index is 0. The molecule has 0 amide bonds. The molecule has 0 radical (unpaired) electrons. The van der Waals surface area contributed by atoms with E-state index in [4.69, 9.17) is 0 Å². The van der Waals surface area contributed by atoms with Crippen LogP contribution in [0.4, 0.5) is 0 Å². The molecule has 0 fully saturated rings. The Kier molecular flexibility index (Phi) is 12.8. The molecule has 0 N–H and O–H groups in total. The van der Waals surface area contributed by atoms with E-state index in [2.05, 4.69) is 6.92 Å². The van der Waals surface area contributed by atoms with Crippen LogP contribution in [0.2, 0.25) is 0 Å². The summed E-state index contributed by atoms with van der Waals surface area (Å²) in [7, 11) is 0. The summed E-state index contributed by atoms with van der Waals surface area (Å²) in [6.45, 7) is 2.14. The number of aliphatic carboxylic acids is 1. The summed E-state index contributed by atoms with van der Waals surface area (Å²) in [6, 6.07) is 0. The molecule has 2 nitrogen and oxygen atoms in total. The van der Waals surface area contributed by atoms with Gasteiger partial charge in [0.05, 0.1) is 0 Å². The molecule has 0 saturated carbocycles. The molecular formula is C8H15MgO2+. The van der Waals surface area contributed by atoms with Crippen LogP contribution in [-0.2, 0) is 4.79 Å². The van der Waals surface area contributed by atoms with Gasteiger partial charge < -0.3 is 9.90 Å². The second kappa shape index (κ2) is 10.2. The Morgan fingerprint density at radius 3 is 2.18 bits per heavy atom. The van der Waals surface area contributed by atoms with Crippen molar-refractivity contribution >= 4 is 29.0 Å². The van der Waals surface area contributed by atoms with Crippen LogP contribution < -0.4 is 5.11 Å². The molecule has 11 heavy (non-hydrogen) atoms. The molecule has 0 spiro atoms. The van der Waals surface area contributed by atoms with Crippen molar-refractivity contribution < 1.29 is 9.90 Å². The second-order valence-electron chi connectivity index (χ2n) is 2.54. The number of carboxylic acids is 1. The summed E-state index contributed by atoms with van der Waals surface area (Å²) in [5.41, 5.74) is 0. The number of carbonyl (C=O) groups is 1. The van der Waals surface area contributed by atoms with Gasteiger partial charge in [-0.05, 0) is 12.8 Å². The number of hydrogen-bond donors (Lipinski definition) is 0. The third-order valence-corrected chi connectivity index (χ3v) is 1.48. The first-order valence-electron chi connectivity index (χ1n) is 3.97. The van der Waals surface area contributed by atoms with Gasteiger partial charge in [-0.3, -0.25) is 0 Å². The van der Waals surface area contributed by atoms with E-state index in [0.717, 1.165) is 19.3 Å². The maximum Gasteiger partial charge on any atom is 2.00 e. The molecule has 0 unspecified atom stereocenters. The van der Waals surface area contributed by atoms with Crippen molar-refractivity contribution in [2.45, 2.75) is 45.4 Å². The molecular weight excluding hydrogens is 152 g/mol. The SMILES string of the molecule is CCCCCCCC(=O)[O-].[Mg+2]. The molecule has 0 saturated heterocycles. The molecule has 0 aromatic rings. The van der Waals surface area contributed by atoms with Gasteiger partial charge in [0.1, 0.15) is 0 Å². The maximum atomic E-state index is 9.92. The van der Waals surface area contributed by atoms with Gasteiger partial charge in [-0.1, -0.05) is 32.6 Å². The smallest absolute Gasteiger partial charge is 0.550 e. The Labute approximate surface area is 84.5 Å². The molecule has 0 aromatic carbocycles. The van der Waals surface area contributed by atoms with Crippen LogP contribution in [0.5, 0.6) is 0 Å². The van der Waals surface area contributed by atoms with Crippen molar-refractivity contribution in [1.82, 2.24) is 0 Å². The minimum atomic E-state index is -0.920. The molecule has 0 heterocycles. The maximum absolute atomic E-state index is 9.92. The summed E-state index contributed by atoms with van der Waals surface area (Å²) in [6.07, 6.45) is 5.61. The largest absolute Gasteiger partial charge is 2.00 e. The number of unbranched alkanes of at least 4 members (excludes halogenated alkanes) is 4. The zero-order valence-corrected chi connectivity index (χ0v) is 8.68. The molecule has 0 aliphatic rings. The third kappa shape index (κ3) is 13.3. The first-order valence-corrected chi connectivity index (χ1v) is 3.97. The van der Waals surface area contributed by atoms with Gasteiger partial charge in [0.15, 0.2) is 0 Å². The van der Waals surface area contributed by atoms with Crippen LogP contribution in [-0.4, -0.2) is 29.0 Å². The predicted molar refractivity (Wildman–Crippen MR) is 44.1 cm³/mol. The molecule has 0 aliphatic heterocycles. The van der Waals surface area contributed by atoms with Crippen molar-refractivity contribution in [1.29, 1.82) is 0 Å². The monoisotopic (exact) mass is 167 g/mol.